The molecule has 0 aromatic heterocycles. The van der Waals surface area contributed by atoms with E-state index < -0.39 is 24.1 Å². The van der Waals surface area contributed by atoms with Crippen LogP contribution >= 0.6 is 0 Å². The maximum absolute atomic E-state index is 13.3. The summed E-state index contributed by atoms with van der Waals surface area (Å²) in [4.78, 5) is 39.3. The van der Waals surface area contributed by atoms with E-state index in [1.54, 1.807) is 13.8 Å². The molecular formula is C22H39N3O4. The summed E-state index contributed by atoms with van der Waals surface area (Å²) < 4.78 is 0. The second kappa shape index (κ2) is 11.0. The molecule has 7 nitrogen and oxygen atoms in total. The predicted octanol–water partition coefficient (Wildman–Crippen LogP) is 2.53. The normalized spacial score (nSPS) is 22.0. The molecule has 2 rings (SSSR count). The van der Waals surface area contributed by atoms with Crippen molar-refractivity contribution in [2.24, 2.45) is 23.5 Å². The standard InChI is InChI=1S/C22H39N3O4/c1-14(2)19(22(28)29)25(3)21(27)18(16-12-8-5-9-13-16)24-20(26)17(23)15-10-6-4-7-11-15/h14-19H,4-13,23H2,1-3H3,(H,24,26)(H,28,29)/t17-,18-,19-/m1/s1. The Morgan fingerprint density at radius 3 is 1.86 bits per heavy atom. The molecule has 3 atom stereocenters. The summed E-state index contributed by atoms with van der Waals surface area (Å²) >= 11 is 0. The molecule has 0 heterocycles. The number of nitrogens with two attached hydrogens (primary N) is 1. The molecule has 0 aromatic carbocycles. The Morgan fingerprint density at radius 1 is 0.931 bits per heavy atom. The molecular weight excluding hydrogens is 370 g/mol. The third-order valence-electron chi connectivity index (χ3n) is 6.79. The first-order valence-corrected chi connectivity index (χ1v) is 11.3. The quantitative estimate of drug-likeness (QED) is 0.570. The van der Waals surface area contributed by atoms with Crippen LogP contribution in [0.25, 0.3) is 0 Å². The number of carboxylic acid groups (broad SMARTS) is 1. The molecule has 166 valence electrons. The Bertz CT molecular complexity index is 568. The Morgan fingerprint density at radius 2 is 1.41 bits per heavy atom. The van der Waals surface area contributed by atoms with Crippen LogP contribution in [0.4, 0.5) is 0 Å². The van der Waals surface area contributed by atoms with Gasteiger partial charge in [0, 0.05) is 7.05 Å². The lowest BCUT2D eigenvalue weighted by atomic mass is 9.81. The van der Waals surface area contributed by atoms with Crippen molar-refractivity contribution in [2.45, 2.75) is 96.2 Å². The topological polar surface area (TPSA) is 113 Å². The van der Waals surface area contributed by atoms with Crippen molar-refractivity contribution >= 4 is 17.8 Å². The molecule has 4 N–H and O–H groups in total. The van der Waals surface area contributed by atoms with Crippen LogP contribution in [0, 0.1) is 17.8 Å². The third-order valence-corrected chi connectivity index (χ3v) is 6.79. The molecule has 2 aliphatic carbocycles. The predicted molar refractivity (Wildman–Crippen MR) is 112 cm³/mol. The van der Waals surface area contributed by atoms with E-state index in [1.165, 1.54) is 18.4 Å². The molecule has 2 fully saturated rings. The van der Waals surface area contributed by atoms with Crippen molar-refractivity contribution in [3.05, 3.63) is 0 Å². The fourth-order valence-corrected chi connectivity index (χ4v) is 5.06. The van der Waals surface area contributed by atoms with Crippen LogP contribution in [0.15, 0.2) is 0 Å². The van der Waals surface area contributed by atoms with E-state index in [0.29, 0.717) is 0 Å². The number of carboxylic acids is 1. The fourth-order valence-electron chi connectivity index (χ4n) is 5.06. The summed E-state index contributed by atoms with van der Waals surface area (Å²) in [6.07, 6.45) is 10.2. The minimum absolute atomic E-state index is 0.0304. The van der Waals surface area contributed by atoms with E-state index in [4.69, 9.17) is 5.73 Å². The molecule has 0 saturated heterocycles. The Hall–Kier alpha value is -1.63. The Balaban J connectivity index is 2.16. The van der Waals surface area contributed by atoms with Gasteiger partial charge >= 0.3 is 5.97 Å². The first-order chi connectivity index (χ1) is 13.7. The summed E-state index contributed by atoms with van der Waals surface area (Å²) in [5, 5.41) is 12.5. The molecule has 7 heteroatoms. The smallest absolute Gasteiger partial charge is 0.326 e. The van der Waals surface area contributed by atoms with Gasteiger partial charge in [-0.05, 0) is 43.4 Å². The van der Waals surface area contributed by atoms with Crippen molar-refractivity contribution in [1.29, 1.82) is 0 Å². The maximum atomic E-state index is 13.3. The number of hydrogen-bond donors (Lipinski definition) is 3. The zero-order valence-corrected chi connectivity index (χ0v) is 18.2. The van der Waals surface area contributed by atoms with E-state index >= 15 is 0 Å². The highest BCUT2D eigenvalue weighted by Gasteiger charge is 2.39. The summed E-state index contributed by atoms with van der Waals surface area (Å²) in [5.41, 5.74) is 6.27. The van der Waals surface area contributed by atoms with Crippen LogP contribution in [0.5, 0.6) is 0 Å². The van der Waals surface area contributed by atoms with Gasteiger partial charge in [0.05, 0.1) is 6.04 Å². The number of carbonyl (C=O) groups excluding carboxylic acids is 2. The van der Waals surface area contributed by atoms with Gasteiger partial charge in [0.2, 0.25) is 11.8 Å². The Kier molecular flexibility index (Phi) is 8.93. The highest BCUT2D eigenvalue weighted by Crippen LogP contribution is 2.29. The van der Waals surface area contributed by atoms with Gasteiger partial charge in [-0.3, -0.25) is 9.59 Å². The van der Waals surface area contributed by atoms with Crippen molar-refractivity contribution < 1.29 is 19.5 Å². The molecule has 0 spiro atoms. The third kappa shape index (κ3) is 6.17. The number of carbonyl (C=O) groups is 3. The number of aliphatic carboxylic acids is 1. The first kappa shape index (κ1) is 23.6. The SMILES string of the molecule is CC(C)[C@H](C(=O)O)N(C)C(=O)[C@H](NC(=O)[C@H](N)C1CCCCC1)C1CCCCC1. The molecule has 0 aromatic rings. The second-order valence-corrected chi connectivity index (χ2v) is 9.28. The van der Waals surface area contributed by atoms with Crippen LogP contribution in [0.2, 0.25) is 0 Å². The molecule has 0 bridgehead atoms. The van der Waals surface area contributed by atoms with E-state index in [0.717, 1.165) is 57.8 Å². The zero-order valence-electron chi connectivity index (χ0n) is 18.2. The van der Waals surface area contributed by atoms with Gasteiger partial charge in [-0.2, -0.15) is 0 Å². The van der Waals surface area contributed by atoms with Crippen LogP contribution in [-0.2, 0) is 14.4 Å². The van der Waals surface area contributed by atoms with E-state index in [-0.39, 0.29) is 29.6 Å². The van der Waals surface area contributed by atoms with Gasteiger partial charge in [-0.1, -0.05) is 52.4 Å². The highest BCUT2D eigenvalue weighted by atomic mass is 16.4. The lowest BCUT2D eigenvalue weighted by Gasteiger charge is -2.37. The van der Waals surface area contributed by atoms with Crippen molar-refractivity contribution in [1.82, 2.24) is 10.2 Å². The average Bonchev–Trinajstić information content (AvgIpc) is 2.71. The van der Waals surface area contributed by atoms with Crippen LogP contribution in [0.1, 0.15) is 78.1 Å². The molecule has 2 aliphatic rings. The van der Waals surface area contributed by atoms with Crippen molar-refractivity contribution in [3.8, 4) is 0 Å². The number of likely N-dealkylation sites (N-methyl/N-ethyl adjacent to an activating group) is 1. The van der Waals surface area contributed by atoms with E-state index in [9.17, 15) is 19.5 Å². The maximum Gasteiger partial charge on any atom is 0.326 e. The first-order valence-electron chi connectivity index (χ1n) is 11.3. The number of nitrogens with zero attached hydrogens (tertiary/aromatic N) is 1. The van der Waals surface area contributed by atoms with Crippen LogP contribution < -0.4 is 11.1 Å². The summed E-state index contributed by atoms with van der Waals surface area (Å²) in [5.74, 6) is -1.65. The molecule has 0 aliphatic heterocycles. The van der Waals surface area contributed by atoms with Gasteiger partial charge in [-0.25, -0.2) is 4.79 Å². The molecule has 0 radical (unpaired) electrons. The second-order valence-electron chi connectivity index (χ2n) is 9.28. The minimum Gasteiger partial charge on any atom is -0.480 e. The van der Waals surface area contributed by atoms with E-state index in [2.05, 4.69) is 5.32 Å². The molecule has 0 unspecified atom stereocenters. The van der Waals surface area contributed by atoms with Crippen molar-refractivity contribution in [2.75, 3.05) is 7.05 Å². The molecule has 29 heavy (non-hydrogen) atoms. The van der Waals surface area contributed by atoms with E-state index in [1.807, 2.05) is 0 Å². The van der Waals surface area contributed by atoms with Crippen LogP contribution in [-0.4, -0.2) is 53.0 Å². The van der Waals surface area contributed by atoms with Gasteiger partial charge < -0.3 is 21.1 Å². The summed E-state index contributed by atoms with van der Waals surface area (Å²) in [7, 11) is 1.53. The van der Waals surface area contributed by atoms with Gasteiger partial charge in [0.15, 0.2) is 0 Å². The summed E-state index contributed by atoms with van der Waals surface area (Å²) in [6, 6.07) is -2.24. The lowest BCUT2D eigenvalue weighted by Crippen LogP contribution is -2.59. The van der Waals surface area contributed by atoms with Gasteiger partial charge in [0.1, 0.15) is 12.1 Å². The number of amides is 2. The summed E-state index contributed by atoms with van der Waals surface area (Å²) in [6.45, 7) is 3.57. The Labute approximate surface area is 174 Å². The van der Waals surface area contributed by atoms with Crippen molar-refractivity contribution in [3.63, 3.8) is 0 Å². The molecule has 2 amide bonds. The van der Waals surface area contributed by atoms with Crippen LogP contribution in [0.3, 0.4) is 0 Å². The number of nitrogens with one attached hydrogen (secondary N) is 1. The average molecular weight is 410 g/mol. The van der Waals surface area contributed by atoms with Gasteiger partial charge in [-0.15, -0.1) is 0 Å². The zero-order chi connectivity index (χ0) is 21.6. The lowest BCUT2D eigenvalue weighted by molar-refractivity contribution is -0.153. The highest BCUT2D eigenvalue weighted by molar-refractivity contribution is 5.92. The monoisotopic (exact) mass is 409 g/mol. The number of rotatable bonds is 8. The fraction of sp³-hybridized carbons (Fsp3) is 0.864. The van der Waals surface area contributed by atoms with Gasteiger partial charge in [0.25, 0.3) is 0 Å². The number of hydrogen-bond acceptors (Lipinski definition) is 4. The minimum atomic E-state index is -1.02. The molecule has 2 saturated carbocycles. The largest absolute Gasteiger partial charge is 0.480 e.